The summed E-state index contributed by atoms with van der Waals surface area (Å²) in [6, 6.07) is 19.5. The smallest absolute Gasteiger partial charge is 0.264 e. The molecule has 0 atom stereocenters. The van der Waals surface area contributed by atoms with Gasteiger partial charge in [-0.2, -0.15) is 0 Å². The van der Waals surface area contributed by atoms with Crippen LogP contribution >= 0.6 is 56.9 Å². The molecule has 4 rings (SSSR count). The number of aliphatic imine (C=N–C) groups is 1. The molecule has 0 aromatic heterocycles. The molecule has 36 heavy (non-hydrogen) atoms. The van der Waals surface area contributed by atoms with E-state index in [1.807, 2.05) is 56.3 Å². The molecular formula is C27H24I2N2O4S. The summed E-state index contributed by atoms with van der Waals surface area (Å²) in [5.41, 5.74) is 2.67. The molecule has 1 heterocycles. The van der Waals surface area contributed by atoms with Crippen molar-refractivity contribution in [1.29, 1.82) is 0 Å². The molecule has 0 aliphatic carbocycles. The van der Waals surface area contributed by atoms with Crippen molar-refractivity contribution in [3.63, 3.8) is 0 Å². The number of ether oxygens (including phenoxy) is 3. The van der Waals surface area contributed by atoms with Crippen molar-refractivity contribution < 1.29 is 19.0 Å². The number of nitrogens with one attached hydrogen (secondary N) is 1. The molecule has 186 valence electrons. The van der Waals surface area contributed by atoms with Gasteiger partial charge in [0.15, 0.2) is 16.7 Å². The Hall–Kier alpha value is -2.25. The van der Waals surface area contributed by atoms with Gasteiger partial charge >= 0.3 is 0 Å². The summed E-state index contributed by atoms with van der Waals surface area (Å²) < 4.78 is 19.6. The van der Waals surface area contributed by atoms with E-state index >= 15 is 0 Å². The molecule has 0 saturated carbocycles. The summed E-state index contributed by atoms with van der Waals surface area (Å²) in [4.78, 5) is 17.7. The monoisotopic (exact) mass is 726 g/mol. The molecule has 1 aliphatic heterocycles. The predicted molar refractivity (Wildman–Crippen MR) is 162 cm³/mol. The number of benzene rings is 3. The Bertz CT molecular complexity index is 1290. The van der Waals surface area contributed by atoms with Crippen molar-refractivity contribution in [3.8, 4) is 17.2 Å². The van der Waals surface area contributed by atoms with Gasteiger partial charge in [0.2, 0.25) is 0 Å². The number of hydrogen-bond acceptors (Lipinski definition) is 6. The van der Waals surface area contributed by atoms with Crippen LogP contribution in [0, 0.1) is 7.14 Å². The van der Waals surface area contributed by atoms with Gasteiger partial charge in [-0.25, -0.2) is 4.99 Å². The second-order valence-electron chi connectivity index (χ2n) is 7.59. The Kier molecular flexibility index (Phi) is 9.54. The summed E-state index contributed by atoms with van der Waals surface area (Å²) in [6.45, 7) is 5.43. The highest BCUT2D eigenvalue weighted by atomic mass is 127. The molecule has 1 N–H and O–H groups in total. The highest BCUT2D eigenvalue weighted by Gasteiger charge is 2.24. The first kappa shape index (κ1) is 26.8. The fourth-order valence-electron chi connectivity index (χ4n) is 3.34. The summed E-state index contributed by atoms with van der Waals surface area (Å²) in [6.07, 6.45) is 1.84. The Balaban J connectivity index is 1.51. The van der Waals surface area contributed by atoms with Gasteiger partial charge in [-0.1, -0.05) is 12.1 Å². The first-order valence-corrected chi connectivity index (χ1v) is 14.3. The number of halogens is 2. The molecule has 0 unspecified atom stereocenters. The van der Waals surface area contributed by atoms with E-state index in [0.717, 1.165) is 26.1 Å². The van der Waals surface area contributed by atoms with Crippen molar-refractivity contribution in [3.05, 3.63) is 83.8 Å². The van der Waals surface area contributed by atoms with Crippen LogP contribution in [0.15, 0.2) is 70.6 Å². The number of hydrogen-bond donors (Lipinski definition) is 1. The van der Waals surface area contributed by atoms with E-state index in [2.05, 4.69) is 79.8 Å². The maximum absolute atomic E-state index is 12.6. The number of amides is 1. The zero-order valence-electron chi connectivity index (χ0n) is 19.7. The van der Waals surface area contributed by atoms with Crippen molar-refractivity contribution in [2.45, 2.75) is 20.5 Å². The number of thioether (sulfide) groups is 1. The predicted octanol–water partition coefficient (Wildman–Crippen LogP) is 7.16. The first-order chi connectivity index (χ1) is 17.4. The van der Waals surface area contributed by atoms with Crippen molar-refractivity contribution in [1.82, 2.24) is 5.32 Å². The standard InChI is InChI=1S/C27H24I2N2O4S/c1-3-33-21-11-9-20(10-12-21)30-27-31-26(32)24(36-27)15-18-13-22(29)25(23(14-18)34-4-2)35-16-17-5-7-19(28)8-6-17/h5-15H,3-4,16H2,1-2H3,(H,30,31,32)/b24-15+. The van der Waals surface area contributed by atoms with Crippen LogP contribution in [0.25, 0.3) is 6.08 Å². The average molecular weight is 726 g/mol. The third-order valence-corrected chi connectivity index (χ3v) is 7.39. The van der Waals surface area contributed by atoms with Gasteiger partial charge in [-0.05, 0) is 137 Å². The zero-order chi connectivity index (χ0) is 25.5. The molecule has 1 saturated heterocycles. The Labute approximate surface area is 242 Å². The number of amidine groups is 1. The van der Waals surface area contributed by atoms with E-state index in [0.29, 0.717) is 41.4 Å². The van der Waals surface area contributed by atoms with Gasteiger partial charge in [-0.15, -0.1) is 0 Å². The second-order valence-corrected chi connectivity index (χ2v) is 11.0. The SMILES string of the molecule is CCOc1ccc(N=C2NC(=O)/C(=C\c3cc(I)c(OCc4ccc(I)cc4)c(OCC)c3)S2)cc1. The zero-order valence-corrected chi connectivity index (χ0v) is 24.8. The molecule has 1 fully saturated rings. The van der Waals surface area contributed by atoms with Crippen molar-refractivity contribution in [2.75, 3.05) is 13.2 Å². The average Bonchev–Trinajstić information content (AvgIpc) is 3.19. The number of carbonyl (C=O) groups excluding carboxylic acids is 1. The van der Waals surface area contributed by atoms with Crippen LogP contribution in [0.3, 0.4) is 0 Å². The Morgan fingerprint density at radius 2 is 1.67 bits per heavy atom. The maximum Gasteiger partial charge on any atom is 0.264 e. The quantitative estimate of drug-likeness (QED) is 0.187. The molecule has 3 aromatic carbocycles. The van der Waals surface area contributed by atoms with Gasteiger partial charge in [0.05, 0.1) is 27.4 Å². The van der Waals surface area contributed by atoms with Gasteiger partial charge < -0.3 is 19.5 Å². The minimum absolute atomic E-state index is 0.184. The fraction of sp³-hybridized carbons (Fsp3) is 0.185. The van der Waals surface area contributed by atoms with Crippen LogP contribution in [0.1, 0.15) is 25.0 Å². The van der Waals surface area contributed by atoms with E-state index < -0.39 is 0 Å². The minimum Gasteiger partial charge on any atom is -0.494 e. The van der Waals surface area contributed by atoms with Gasteiger partial charge in [-0.3, -0.25) is 4.79 Å². The van der Waals surface area contributed by atoms with Crippen LogP contribution in [0.5, 0.6) is 17.2 Å². The molecule has 0 radical (unpaired) electrons. The first-order valence-electron chi connectivity index (χ1n) is 11.3. The van der Waals surface area contributed by atoms with E-state index in [4.69, 9.17) is 14.2 Å². The number of carbonyl (C=O) groups is 1. The topological polar surface area (TPSA) is 69.2 Å². The largest absolute Gasteiger partial charge is 0.494 e. The second kappa shape index (κ2) is 12.8. The van der Waals surface area contributed by atoms with Gasteiger partial charge in [0.25, 0.3) is 5.91 Å². The highest BCUT2D eigenvalue weighted by Crippen LogP contribution is 2.37. The highest BCUT2D eigenvalue weighted by molar-refractivity contribution is 14.1. The van der Waals surface area contributed by atoms with E-state index in [1.54, 1.807) is 0 Å². The summed E-state index contributed by atoms with van der Waals surface area (Å²) in [5.74, 6) is 1.94. The van der Waals surface area contributed by atoms with Crippen molar-refractivity contribution >= 4 is 79.8 Å². The van der Waals surface area contributed by atoms with Crippen LogP contribution in [-0.2, 0) is 11.4 Å². The number of rotatable bonds is 9. The fourth-order valence-corrected chi connectivity index (χ4v) is 5.33. The van der Waals surface area contributed by atoms with Crippen molar-refractivity contribution in [2.24, 2.45) is 4.99 Å². The molecule has 0 spiro atoms. The molecule has 1 amide bonds. The van der Waals surface area contributed by atoms with Gasteiger partial charge in [0, 0.05) is 3.57 Å². The minimum atomic E-state index is -0.184. The summed E-state index contributed by atoms with van der Waals surface area (Å²) in [5, 5.41) is 3.37. The Morgan fingerprint density at radius 3 is 2.36 bits per heavy atom. The van der Waals surface area contributed by atoms with E-state index in [-0.39, 0.29) is 5.91 Å². The van der Waals surface area contributed by atoms with Crippen LogP contribution in [0.2, 0.25) is 0 Å². The molecular weight excluding hydrogens is 702 g/mol. The molecule has 3 aromatic rings. The van der Waals surface area contributed by atoms with E-state index in [1.165, 1.54) is 15.3 Å². The molecule has 9 heteroatoms. The normalized spacial score (nSPS) is 15.3. The third-order valence-electron chi connectivity index (χ3n) is 4.96. The number of nitrogens with zero attached hydrogens (tertiary/aromatic N) is 1. The molecule has 6 nitrogen and oxygen atoms in total. The lowest BCUT2D eigenvalue weighted by atomic mass is 10.2. The van der Waals surface area contributed by atoms with Gasteiger partial charge in [0.1, 0.15) is 12.4 Å². The lowest BCUT2D eigenvalue weighted by Gasteiger charge is -2.15. The Morgan fingerprint density at radius 1 is 0.944 bits per heavy atom. The lowest BCUT2D eigenvalue weighted by molar-refractivity contribution is -0.115. The molecule has 0 bridgehead atoms. The van der Waals surface area contributed by atoms with E-state index in [9.17, 15) is 4.79 Å². The third kappa shape index (κ3) is 7.16. The summed E-state index contributed by atoms with van der Waals surface area (Å²) >= 11 is 5.83. The maximum atomic E-state index is 12.6. The lowest BCUT2D eigenvalue weighted by Crippen LogP contribution is -2.19. The van der Waals surface area contributed by atoms with Crippen LogP contribution in [0.4, 0.5) is 5.69 Å². The van der Waals surface area contributed by atoms with Crippen LogP contribution in [-0.4, -0.2) is 24.3 Å². The summed E-state index contributed by atoms with van der Waals surface area (Å²) in [7, 11) is 0. The van der Waals surface area contributed by atoms with Crippen LogP contribution < -0.4 is 19.5 Å². The molecule has 1 aliphatic rings.